The zero-order valence-corrected chi connectivity index (χ0v) is 19.0. The Labute approximate surface area is 195 Å². The van der Waals surface area contributed by atoms with Crippen molar-refractivity contribution in [2.45, 2.75) is 25.0 Å². The average molecular weight is 475 g/mol. The first-order valence-corrected chi connectivity index (χ1v) is 11.4. The minimum atomic E-state index is -0.895. The molecule has 2 aliphatic heterocycles. The molecule has 2 aliphatic rings. The molecule has 7 nitrogen and oxygen atoms in total. The van der Waals surface area contributed by atoms with Gasteiger partial charge in [-0.1, -0.05) is 17.7 Å². The van der Waals surface area contributed by atoms with E-state index in [9.17, 15) is 8.78 Å². The summed E-state index contributed by atoms with van der Waals surface area (Å²) in [7, 11) is 0. The predicted octanol–water partition coefficient (Wildman–Crippen LogP) is 3.46. The number of halogens is 3. The summed E-state index contributed by atoms with van der Waals surface area (Å²) in [5.41, 5.74) is 0.605. The Kier molecular flexibility index (Phi) is 6.03. The van der Waals surface area contributed by atoms with Gasteiger partial charge in [0.05, 0.1) is 6.61 Å². The second kappa shape index (κ2) is 8.96. The molecule has 0 aliphatic carbocycles. The van der Waals surface area contributed by atoms with Crippen LogP contribution >= 0.6 is 11.6 Å². The summed E-state index contributed by atoms with van der Waals surface area (Å²) in [6.45, 7) is 6.82. The fourth-order valence-corrected chi connectivity index (χ4v) is 4.50. The van der Waals surface area contributed by atoms with Gasteiger partial charge in [-0.05, 0) is 42.5 Å². The molecule has 3 aromatic rings. The first kappa shape index (κ1) is 22.2. The van der Waals surface area contributed by atoms with Crippen LogP contribution in [-0.2, 0) is 16.8 Å². The lowest BCUT2D eigenvalue weighted by molar-refractivity contribution is 0.199. The van der Waals surface area contributed by atoms with Crippen LogP contribution in [0.4, 0.5) is 14.5 Å². The number of anilines is 1. The van der Waals surface area contributed by atoms with E-state index in [0.29, 0.717) is 24.4 Å². The van der Waals surface area contributed by atoms with Gasteiger partial charge >= 0.3 is 0 Å². The minimum absolute atomic E-state index is 0.314. The van der Waals surface area contributed by atoms with Crippen molar-refractivity contribution in [2.24, 2.45) is 0 Å². The third-order valence-corrected chi connectivity index (χ3v) is 6.80. The Morgan fingerprint density at radius 1 is 1.09 bits per heavy atom. The van der Waals surface area contributed by atoms with E-state index in [0.717, 1.165) is 43.8 Å². The molecule has 33 heavy (non-hydrogen) atoms. The Bertz CT molecular complexity index is 1110. The lowest BCUT2D eigenvalue weighted by Crippen LogP contribution is -2.47. The van der Waals surface area contributed by atoms with Gasteiger partial charge in [-0.15, -0.1) is 10.2 Å². The summed E-state index contributed by atoms with van der Waals surface area (Å²) in [6, 6.07) is 11.1. The molecule has 2 fully saturated rings. The molecule has 2 saturated heterocycles. The number of rotatable bonds is 7. The van der Waals surface area contributed by atoms with Gasteiger partial charge in [-0.3, -0.25) is 4.90 Å². The van der Waals surface area contributed by atoms with Crippen molar-refractivity contribution in [1.82, 2.24) is 25.1 Å². The van der Waals surface area contributed by atoms with Crippen molar-refractivity contribution in [3.05, 3.63) is 70.5 Å². The van der Waals surface area contributed by atoms with Crippen molar-refractivity contribution in [3.63, 3.8) is 0 Å². The molecule has 0 spiro atoms. The van der Waals surface area contributed by atoms with Crippen LogP contribution in [-0.4, -0.2) is 64.4 Å². The summed E-state index contributed by atoms with van der Waals surface area (Å²) in [5, 5.41) is 13.6. The van der Waals surface area contributed by atoms with Gasteiger partial charge in [0, 0.05) is 61.5 Å². The van der Waals surface area contributed by atoms with E-state index in [1.165, 1.54) is 22.6 Å². The highest BCUT2D eigenvalue weighted by Crippen LogP contribution is 2.48. The number of ether oxygens (including phenoxy) is 1. The number of nitrogens with zero attached hydrogens (tertiary/aromatic N) is 6. The first-order valence-electron chi connectivity index (χ1n) is 11.1. The van der Waals surface area contributed by atoms with Crippen LogP contribution in [0.15, 0.2) is 42.5 Å². The van der Waals surface area contributed by atoms with E-state index in [2.05, 4.69) is 37.3 Å². The molecule has 0 N–H and O–H groups in total. The number of aromatic nitrogens is 4. The summed E-state index contributed by atoms with van der Waals surface area (Å²) < 4.78 is 33.3. The average Bonchev–Trinajstić information content (AvgIpc) is 3.48. The van der Waals surface area contributed by atoms with Crippen molar-refractivity contribution in [1.29, 1.82) is 0 Å². The van der Waals surface area contributed by atoms with E-state index < -0.39 is 17.2 Å². The molecule has 2 atom stereocenters. The van der Waals surface area contributed by atoms with Gasteiger partial charge in [0.25, 0.3) is 0 Å². The van der Waals surface area contributed by atoms with Crippen molar-refractivity contribution in [2.75, 3.05) is 44.2 Å². The van der Waals surface area contributed by atoms with Crippen LogP contribution < -0.4 is 4.90 Å². The standard InChI is InChI=1S/C23H25ClF2N6O/c1-16(23(15-33-23)20-7-4-18(25)14-21(20)26)32-28-22(27-29-32)8-9-30-10-12-31(13-11-30)19-5-2-17(24)3-6-19/h2-7,14,16H,8-13,15H2,1H3. The fourth-order valence-electron chi connectivity index (χ4n) is 4.38. The zero-order chi connectivity index (χ0) is 23.0. The van der Waals surface area contributed by atoms with E-state index in [4.69, 9.17) is 16.3 Å². The quantitative estimate of drug-likeness (QED) is 0.489. The first-order chi connectivity index (χ1) is 15.9. The summed E-state index contributed by atoms with van der Waals surface area (Å²) in [5.74, 6) is -0.607. The van der Waals surface area contributed by atoms with Crippen molar-refractivity contribution >= 4 is 17.3 Å². The van der Waals surface area contributed by atoms with Gasteiger partial charge in [-0.2, -0.15) is 4.80 Å². The van der Waals surface area contributed by atoms with Crippen molar-refractivity contribution < 1.29 is 13.5 Å². The van der Waals surface area contributed by atoms with Gasteiger partial charge < -0.3 is 9.64 Å². The molecule has 174 valence electrons. The highest BCUT2D eigenvalue weighted by Gasteiger charge is 2.54. The van der Waals surface area contributed by atoms with Crippen LogP contribution in [0.2, 0.25) is 5.02 Å². The smallest absolute Gasteiger partial charge is 0.176 e. The minimum Gasteiger partial charge on any atom is -0.369 e. The summed E-state index contributed by atoms with van der Waals surface area (Å²) >= 11 is 5.98. The van der Waals surface area contributed by atoms with E-state index >= 15 is 0 Å². The Balaban J connectivity index is 1.16. The molecule has 0 amide bonds. The number of epoxide rings is 1. The SMILES string of the molecule is CC(n1nnc(CCN2CCN(c3ccc(Cl)cc3)CC2)n1)C1(c2ccc(F)cc2F)CO1. The lowest BCUT2D eigenvalue weighted by Gasteiger charge is -2.36. The lowest BCUT2D eigenvalue weighted by atomic mass is 9.93. The topological polar surface area (TPSA) is 62.6 Å². The third kappa shape index (κ3) is 4.58. The van der Waals surface area contributed by atoms with Gasteiger partial charge in [-0.25, -0.2) is 8.78 Å². The van der Waals surface area contributed by atoms with Gasteiger partial charge in [0.1, 0.15) is 23.3 Å². The molecular formula is C23H25ClF2N6O. The van der Waals surface area contributed by atoms with Crippen molar-refractivity contribution in [3.8, 4) is 0 Å². The molecular weight excluding hydrogens is 450 g/mol. The predicted molar refractivity (Wildman–Crippen MR) is 120 cm³/mol. The number of tetrazole rings is 1. The van der Waals surface area contributed by atoms with Crippen LogP contribution in [0.1, 0.15) is 24.4 Å². The molecule has 0 radical (unpaired) electrons. The second-order valence-electron chi connectivity index (χ2n) is 8.56. The summed E-state index contributed by atoms with van der Waals surface area (Å²) in [4.78, 5) is 6.21. The molecule has 10 heteroatoms. The molecule has 2 unspecified atom stereocenters. The summed E-state index contributed by atoms with van der Waals surface area (Å²) in [6.07, 6.45) is 0.673. The van der Waals surface area contributed by atoms with Gasteiger partial charge in [0.2, 0.25) is 0 Å². The maximum atomic E-state index is 14.3. The molecule has 3 heterocycles. The monoisotopic (exact) mass is 474 g/mol. The molecule has 5 rings (SSSR count). The second-order valence-corrected chi connectivity index (χ2v) is 9.00. The van der Waals surface area contributed by atoms with Crippen LogP contribution in [0.5, 0.6) is 0 Å². The van der Waals surface area contributed by atoms with E-state index in [-0.39, 0.29) is 6.04 Å². The van der Waals surface area contributed by atoms with E-state index in [1.807, 2.05) is 19.1 Å². The third-order valence-electron chi connectivity index (χ3n) is 6.55. The number of hydrogen-bond acceptors (Lipinski definition) is 6. The Hall–Kier alpha value is -2.62. The van der Waals surface area contributed by atoms with Crippen LogP contribution in [0, 0.1) is 11.6 Å². The highest BCUT2D eigenvalue weighted by atomic mass is 35.5. The molecule has 0 saturated carbocycles. The molecule has 2 aromatic carbocycles. The normalized spacial score (nSPS) is 21.9. The van der Waals surface area contributed by atoms with E-state index in [1.54, 1.807) is 0 Å². The Morgan fingerprint density at radius 3 is 2.48 bits per heavy atom. The largest absolute Gasteiger partial charge is 0.369 e. The van der Waals surface area contributed by atoms with Crippen LogP contribution in [0.3, 0.4) is 0 Å². The molecule has 1 aromatic heterocycles. The number of hydrogen-bond donors (Lipinski definition) is 0. The maximum absolute atomic E-state index is 14.3. The molecule has 0 bridgehead atoms. The highest BCUT2D eigenvalue weighted by molar-refractivity contribution is 6.30. The Morgan fingerprint density at radius 2 is 1.82 bits per heavy atom. The number of benzene rings is 2. The fraction of sp³-hybridized carbons (Fsp3) is 0.435. The van der Waals surface area contributed by atoms with Crippen LogP contribution in [0.25, 0.3) is 0 Å². The maximum Gasteiger partial charge on any atom is 0.176 e. The zero-order valence-electron chi connectivity index (χ0n) is 18.3. The number of piperazine rings is 1. The van der Waals surface area contributed by atoms with Gasteiger partial charge in [0.15, 0.2) is 5.82 Å².